The van der Waals surface area contributed by atoms with Crippen LogP contribution in [-0.4, -0.2) is 48.9 Å². The first kappa shape index (κ1) is 22.9. The number of halogens is 1. The Hall–Kier alpha value is -1.75. The van der Waals surface area contributed by atoms with E-state index in [-0.39, 0.29) is 0 Å². The molecule has 1 fully saturated rings. The molecule has 4 nitrogen and oxygen atoms in total. The fourth-order valence-corrected chi connectivity index (χ4v) is 3.99. The average Bonchev–Trinajstić information content (AvgIpc) is 2.76. The molecule has 30 heavy (non-hydrogen) atoms. The summed E-state index contributed by atoms with van der Waals surface area (Å²) in [6.07, 6.45) is 4.64. The summed E-state index contributed by atoms with van der Waals surface area (Å²) < 4.78 is 5.74. The molecule has 0 aromatic heterocycles. The molecule has 0 amide bonds. The maximum atomic E-state index is 11.1. The summed E-state index contributed by atoms with van der Waals surface area (Å²) in [7, 11) is 2.09. The van der Waals surface area contributed by atoms with Crippen LogP contribution in [0.15, 0.2) is 48.5 Å². The molecule has 5 heteroatoms. The van der Waals surface area contributed by atoms with Crippen molar-refractivity contribution in [2.75, 3.05) is 38.2 Å². The van der Waals surface area contributed by atoms with E-state index in [0.717, 1.165) is 81.3 Å². The van der Waals surface area contributed by atoms with Gasteiger partial charge in [0.25, 0.3) is 0 Å². The Morgan fingerprint density at radius 3 is 2.37 bits per heavy atom. The number of benzene rings is 2. The van der Waals surface area contributed by atoms with E-state index in [1.54, 1.807) is 0 Å². The summed E-state index contributed by atoms with van der Waals surface area (Å²) in [5, 5.41) is 11.8. The molecule has 164 valence electrons. The van der Waals surface area contributed by atoms with Gasteiger partial charge in [0.1, 0.15) is 5.75 Å². The number of piperidine rings is 1. The van der Waals surface area contributed by atoms with Crippen molar-refractivity contribution in [3.8, 4) is 5.75 Å². The highest BCUT2D eigenvalue weighted by molar-refractivity contribution is 6.30. The van der Waals surface area contributed by atoms with Crippen molar-refractivity contribution in [1.29, 1.82) is 0 Å². The monoisotopic (exact) mass is 430 g/mol. The Morgan fingerprint density at radius 2 is 1.73 bits per heavy atom. The number of aliphatic hydroxyl groups is 1. The number of rotatable bonds is 10. The lowest BCUT2D eigenvalue weighted by molar-refractivity contribution is -0.0275. The second-order valence-corrected chi connectivity index (χ2v) is 8.93. The zero-order valence-corrected chi connectivity index (χ0v) is 19.1. The normalized spacial score (nSPS) is 16.4. The number of hydrogen-bond donors (Lipinski definition) is 1. The van der Waals surface area contributed by atoms with Crippen LogP contribution in [0, 0.1) is 0 Å². The van der Waals surface area contributed by atoms with Crippen molar-refractivity contribution < 1.29 is 9.84 Å². The van der Waals surface area contributed by atoms with Gasteiger partial charge in [-0.1, -0.05) is 37.1 Å². The van der Waals surface area contributed by atoms with Gasteiger partial charge in [0.15, 0.2) is 0 Å². The molecule has 0 saturated carbocycles. The molecule has 0 atom stereocenters. The van der Waals surface area contributed by atoms with Gasteiger partial charge < -0.3 is 14.7 Å². The molecule has 1 aliphatic heterocycles. The maximum absolute atomic E-state index is 11.1. The SMILES string of the molecule is CCCCOc1ccc(N(C)CCC2(O)CCN(Cc3ccc(Cl)cc3)CC2)cc1. The van der Waals surface area contributed by atoms with E-state index in [1.807, 2.05) is 24.3 Å². The Bertz CT molecular complexity index is 756. The lowest BCUT2D eigenvalue weighted by Crippen LogP contribution is -2.45. The average molecular weight is 431 g/mol. The highest BCUT2D eigenvalue weighted by atomic mass is 35.5. The minimum Gasteiger partial charge on any atom is -0.494 e. The molecule has 0 aliphatic carbocycles. The molecular weight excluding hydrogens is 396 g/mol. The van der Waals surface area contributed by atoms with Gasteiger partial charge in [-0.3, -0.25) is 4.90 Å². The molecule has 3 rings (SSSR count). The minimum atomic E-state index is -0.575. The van der Waals surface area contributed by atoms with Crippen LogP contribution < -0.4 is 9.64 Å². The predicted molar refractivity (Wildman–Crippen MR) is 126 cm³/mol. The Balaban J connectivity index is 1.42. The zero-order valence-electron chi connectivity index (χ0n) is 18.3. The van der Waals surface area contributed by atoms with Crippen molar-refractivity contribution in [3.63, 3.8) is 0 Å². The summed E-state index contributed by atoms with van der Waals surface area (Å²) in [5.74, 6) is 0.923. The molecular formula is C25H35ClN2O2. The number of nitrogens with zero attached hydrogens (tertiary/aromatic N) is 2. The smallest absolute Gasteiger partial charge is 0.119 e. The van der Waals surface area contributed by atoms with Crippen LogP contribution in [0.3, 0.4) is 0 Å². The number of likely N-dealkylation sites (tertiary alicyclic amines) is 1. The summed E-state index contributed by atoms with van der Waals surface area (Å²) in [6, 6.07) is 16.3. The van der Waals surface area contributed by atoms with Gasteiger partial charge in [0, 0.05) is 43.9 Å². The first-order chi connectivity index (χ1) is 14.5. The van der Waals surface area contributed by atoms with Crippen LogP contribution in [-0.2, 0) is 6.54 Å². The second kappa shape index (κ2) is 11.0. The standard InChI is InChI=1S/C25H35ClN2O2/c1-3-4-19-30-24-11-9-23(10-12-24)27(2)16-13-25(29)14-17-28(18-15-25)20-21-5-7-22(26)8-6-21/h5-12,29H,3-4,13-20H2,1-2H3. The largest absolute Gasteiger partial charge is 0.494 e. The molecule has 1 N–H and O–H groups in total. The van der Waals surface area contributed by atoms with E-state index in [0.29, 0.717) is 0 Å². The van der Waals surface area contributed by atoms with E-state index in [2.05, 4.69) is 48.0 Å². The van der Waals surface area contributed by atoms with Gasteiger partial charge in [-0.25, -0.2) is 0 Å². The van der Waals surface area contributed by atoms with E-state index in [4.69, 9.17) is 16.3 Å². The summed E-state index contributed by atoms with van der Waals surface area (Å²) in [5.41, 5.74) is 1.85. The second-order valence-electron chi connectivity index (χ2n) is 8.49. The minimum absolute atomic E-state index is 0.575. The van der Waals surface area contributed by atoms with Crippen molar-refractivity contribution in [2.45, 2.75) is 51.2 Å². The van der Waals surface area contributed by atoms with Crippen LogP contribution in [0.1, 0.15) is 44.6 Å². The van der Waals surface area contributed by atoms with Crippen LogP contribution in [0.2, 0.25) is 5.02 Å². The van der Waals surface area contributed by atoms with Crippen molar-refractivity contribution in [2.24, 2.45) is 0 Å². The van der Waals surface area contributed by atoms with Gasteiger partial charge >= 0.3 is 0 Å². The third kappa shape index (κ3) is 6.90. The van der Waals surface area contributed by atoms with Crippen LogP contribution in [0.25, 0.3) is 0 Å². The van der Waals surface area contributed by atoms with Gasteiger partial charge in [0.2, 0.25) is 0 Å². The molecule has 0 spiro atoms. The molecule has 0 bridgehead atoms. The topological polar surface area (TPSA) is 35.9 Å². The van der Waals surface area contributed by atoms with E-state index in [9.17, 15) is 5.11 Å². The molecule has 0 unspecified atom stereocenters. The molecule has 1 aliphatic rings. The number of anilines is 1. The summed E-state index contributed by atoms with van der Waals surface area (Å²) in [6.45, 7) is 6.54. The maximum Gasteiger partial charge on any atom is 0.119 e. The van der Waals surface area contributed by atoms with Crippen LogP contribution in [0.4, 0.5) is 5.69 Å². The van der Waals surface area contributed by atoms with Gasteiger partial charge in [-0.15, -0.1) is 0 Å². The van der Waals surface area contributed by atoms with Crippen molar-refractivity contribution >= 4 is 17.3 Å². The summed E-state index contributed by atoms with van der Waals surface area (Å²) in [4.78, 5) is 4.63. The van der Waals surface area contributed by atoms with Gasteiger partial charge in [-0.2, -0.15) is 0 Å². The van der Waals surface area contributed by atoms with Gasteiger partial charge in [-0.05, 0) is 67.6 Å². The van der Waals surface area contributed by atoms with Crippen LogP contribution in [0.5, 0.6) is 5.75 Å². The van der Waals surface area contributed by atoms with Crippen LogP contribution >= 0.6 is 11.6 Å². The fourth-order valence-electron chi connectivity index (χ4n) is 3.86. The van der Waals surface area contributed by atoms with Crippen molar-refractivity contribution in [1.82, 2.24) is 4.90 Å². The lowest BCUT2D eigenvalue weighted by Gasteiger charge is -2.39. The lowest BCUT2D eigenvalue weighted by atomic mass is 9.88. The number of ether oxygens (including phenoxy) is 1. The molecule has 1 heterocycles. The quantitative estimate of drug-likeness (QED) is 0.514. The molecule has 0 radical (unpaired) electrons. The molecule has 2 aromatic rings. The highest BCUT2D eigenvalue weighted by Crippen LogP contribution is 2.28. The van der Waals surface area contributed by atoms with E-state index >= 15 is 0 Å². The third-order valence-electron chi connectivity index (χ3n) is 6.06. The van der Waals surface area contributed by atoms with Gasteiger partial charge in [0.05, 0.1) is 12.2 Å². The molecule has 1 saturated heterocycles. The Kier molecular flexibility index (Phi) is 8.43. The predicted octanol–water partition coefficient (Wildman–Crippen LogP) is 5.37. The Labute approximate surface area is 186 Å². The van der Waals surface area contributed by atoms with Crippen molar-refractivity contribution in [3.05, 3.63) is 59.1 Å². The number of unbranched alkanes of at least 4 members (excludes halogenated alkanes) is 1. The van der Waals surface area contributed by atoms with E-state index in [1.165, 1.54) is 5.56 Å². The summed E-state index contributed by atoms with van der Waals surface area (Å²) >= 11 is 5.97. The first-order valence-corrected chi connectivity index (χ1v) is 11.5. The Morgan fingerprint density at radius 1 is 1.07 bits per heavy atom. The molecule has 2 aromatic carbocycles. The fraction of sp³-hybridized carbons (Fsp3) is 0.520. The number of hydrogen-bond acceptors (Lipinski definition) is 4. The van der Waals surface area contributed by atoms with E-state index < -0.39 is 5.60 Å². The third-order valence-corrected chi connectivity index (χ3v) is 6.31. The highest BCUT2D eigenvalue weighted by Gasteiger charge is 2.32. The zero-order chi connectivity index (χ0) is 21.4. The first-order valence-electron chi connectivity index (χ1n) is 11.1.